The van der Waals surface area contributed by atoms with E-state index in [1.165, 1.54) is 17.1 Å². The van der Waals surface area contributed by atoms with Crippen LogP contribution in [0, 0.1) is 13.8 Å². The summed E-state index contributed by atoms with van der Waals surface area (Å²) in [6.45, 7) is 5.91. The third-order valence-electron chi connectivity index (χ3n) is 5.14. The summed E-state index contributed by atoms with van der Waals surface area (Å²) in [4.78, 5) is 35.7. The number of allylic oxidation sites excluding steroid dienone is 4. The van der Waals surface area contributed by atoms with Gasteiger partial charge in [-0.15, -0.1) is 0 Å². The maximum atomic E-state index is 12.3. The van der Waals surface area contributed by atoms with Crippen LogP contribution in [0.1, 0.15) is 37.3 Å². The Bertz CT molecular complexity index is 1140. The lowest BCUT2D eigenvalue weighted by Gasteiger charge is -2.15. The maximum absolute atomic E-state index is 12.3. The van der Waals surface area contributed by atoms with E-state index in [9.17, 15) is 14.4 Å². The molecule has 1 aliphatic rings. The van der Waals surface area contributed by atoms with Crippen LogP contribution in [0.2, 0.25) is 0 Å². The molecule has 5 N–H and O–H groups in total. The van der Waals surface area contributed by atoms with Crippen molar-refractivity contribution in [3.63, 3.8) is 0 Å². The number of aliphatic carboxylic acids is 1. The van der Waals surface area contributed by atoms with E-state index >= 15 is 0 Å². The zero-order chi connectivity index (χ0) is 24.0. The molecular weight excluding hydrogens is 442 g/mol. The fourth-order valence-electron chi connectivity index (χ4n) is 3.29. The molecule has 0 unspecified atom stereocenters. The van der Waals surface area contributed by atoms with E-state index in [1.807, 2.05) is 44.2 Å². The third kappa shape index (κ3) is 6.66. The van der Waals surface area contributed by atoms with Gasteiger partial charge in [-0.05, 0) is 74.5 Å². The number of hydrogen-bond donors (Lipinski definition) is 5. The molecule has 0 saturated carbocycles. The van der Waals surface area contributed by atoms with E-state index < -0.39 is 12.0 Å². The second-order valence-corrected chi connectivity index (χ2v) is 8.60. The van der Waals surface area contributed by atoms with Gasteiger partial charge in [0.05, 0.1) is 11.3 Å². The topological polar surface area (TPSA) is 132 Å². The van der Waals surface area contributed by atoms with Gasteiger partial charge >= 0.3 is 18.0 Å². The number of carbonyl (C=O) groups excluding carboxylic acids is 2. The second-order valence-electron chi connectivity index (χ2n) is 7.82. The van der Waals surface area contributed by atoms with Crippen molar-refractivity contribution in [2.45, 2.75) is 40.0 Å². The molecule has 0 radical (unpaired) electrons. The quantitative estimate of drug-likeness (QED) is 0.398. The number of amides is 4. The Morgan fingerprint density at radius 3 is 2.48 bits per heavy atom. The molecule has 0 bridgehead atoms. The molecule has 4 amide bonds. The van der Waals surface area contributed by atoms with Crippen LogP contribution < -0.4 is 21.3 Å². The normalized spacial score (nSPS) is 12.9. The number of benzene rings is 1. The fraction of sp³-hybridized carbons (Fsp3) is 0.304. The van der Waals surface area contributed by atoms with Crippen LogP contribution in [-0.2, 0) is 4.79 Å². The molecule has 0 saturated heterocycles. The highest BCUT2D eigenvalue weighted by atomic mass is 32.1. The van der Waals surface area contributed by atoms with E-state index in [0.29, 0.717) is 11.5 Å². The van der Waals surface area contributed by atoms with E-state index in [0.717, 1.165) is 40.1 Å². The largest absolute Gasteiger partial charge is 0.481 e. The van der Waals surface area contributed by atoms with Crippen molar-refractivity contribution in [1.29, 1.82) is 0 Å². The number of nitrogens with one attached hydrogen (secondary N) is 4. The zero-order valence-electron chi connectivity index (χ0n) is 18.7. The van der Waals surface area contributed by atoms with Gasteiger partial charge in [0.15, 0.2) is 5.82 Å². The Balaban J connectivity index is 1.63. The molecule has 2 aromatic rings. The summed E-state index contributed by atoms with van der Waals surface area (Å²) in [5, 5.41) is 19.5. The standard InChI is InChI=1S/C23H27N5O4S/c1-13-4-6-16(7-5-13)25-23(32)26-17-8-9-18(14(2)12-17)20-15(3)21(28-33-20)27-22(31)24-11-10-19(29)30/h4,6,8-9,12H,5,7,10-11H2,1-3H3,(H,29,30)(H2,25,26,32)(H2,24,27,28,31). The first kappa shape index (κ1) is 24.0. The Kier molecular flexibility index (Phi) is 7.83. The lowest BCUT2D eigenvalue weighted by molar-refractivity contribution is -0.136. The number of carboxylic acid groups (broad SMARTS) is 1. The third-order valence-corrected chi connectivity index (χ3v) is 6.12. The Morgan fingerprint density at radius 1 is 1.03 bits per heavy atom. The highest BCUT2D eigenvalue weighted by Crippen LogP contribution is 2.35. The first-order chi connectivity index (χ1) is 15.7. The van der Waals surface area contributed by atoms with Gasteiger partial charge in [0.2, 0.25) is 0 Å². The fourth-order valence-corrected chi connectivity index (χ4v) is 4.21. The molecule has 0 aliphatic heterocycles. The van der Waals surface area contributed by atoms with Crippen molar-refractivity contribution >= 4 is 41.1 Å². The van der Waals surface area contributed by atoms with Crippen molar-refractivity contribution in [1.82, 2.24) is 15.0 Å². The highest BCUT2D eigenvalue weighted by Gasteiger charge is 2.16. The van der Waals surface area contributed by atoms with Gasteiger partial charge in [0.1, 0.15) is 0 Å². The Morgan fingerprint density at radius 2 is 1.82 bits per heavy atom. The summed E-state index contributed by atoms with van der Waals surface area (Å²) in [7, 11) is 0. The number of aromatic nitrogens is 1. The summed E-state index contributed by atoms with van der Waals surface area (Å²) < 4.78 is 4.32. The summed E-state index contributed by atoms with van der Waals surface area (Å²) >= 11 is 1.26. The molecule has 1 aliphatic carbocycles. The minimum absolute atomic E-state index is 0.0337. The molecule has 1 aromatic carbocycles. The Labute approximate surface area is 196 Å². The van der Waals surface area contributed by atoms with Crippen LogP contribution in [-0.4, -0.2) is 34.1 Å². The number of carbonyl (C=O) groups is 3. The van der Waals surface area contributed by atoms with Gasteiger partial charge < -0.3 is 21.1 Å². The van der Waals surface area contributed by atoms with Crippen molar-refractivity contribution in [3.8, 4) is 10.4 Å². The molecule has 3 rings (SSSR count). The molecule has 0 spiro atoms. The Hall–Kier alpha value is -3.66. The molecule has 33 heavy (non-hydrogen) atoms. The number of urea groups is 2. The van der Waals surface area contributed by atoms with Gasteiger partial charge in [0, 0.05) is 23.5 Å². The van der Waals surface area contributed by atoms with Crippen LogP contribution in [0.15, 0.2) is 41.6 Å². The molecule has 0 fully saturated rings. The molecule has 174 valence electrons. The minimum Gasteiger partial charge on any atom is -0.481 e. The molecule has 9 nitrogen and oxygen atoms in total. The van der Waals surface area contributed by atoms with Crippen LogP contribution in [0.5, 0.6) is 0 Å². The second kappa shape index (κ2) is 10.8. The molecule has 10 heteroatoms. The summed E-state index contributed by atoms with van der Waals surface area (Å²) in [5.74, 6) is -0.555. The van der Waals surface area contributed by atoms with Crippen molar-refractivity contribution in [2.75, 3.05) is 17.2 Å². The molecule has 1 heterocycles. The number of hydrogen-bond acceptors (Lipinski definition) is 5. The lowest BCUT2D eigenvalue weighted by atomic mass is 10.0. The van der Waals surface area contributed by atoms with Crippen LogP contribution in [0.25, 0.3) is 10.4 Å². The number of anilines is 2. The SMILES string of the molecule is CC1=CC=C(NC(=O)Nc2ccc(-c3snc(NC(=O)NCCC(=O)O)c3C)c(C)c2)CC1. The van der Waals surface area contributed by atoms with Gasteiger partial charge in [-0.2, -0.15) is 4.37 Å². The van der Waals surface area contributed by atoms with Crippen LogP contribution >= 0.6 is 11.5 Å². The van der Waals surface area contributed by atoms with Gasteiger partial charge in [0.25, 0.3) is 0 Å². The zero-order valence-corrected chi connectivity index (χ0v) is 19.6. The number of nitrogens with zero attached hydrogens (tertiary/aromatic N) is 1. The number of rotatable bonds is 7. The van der Waals surface area contributed by atoms with Crippen molar-refractivity contribution in [3.05, 3.63) is 52.7 Å². The van der Waals surface area contributed by atoms with Gasteiger partial charge in [-0.1, -0.05) is 17.7 Å². The summed E-state index contributed by atoms with van der Waals surface area (Å²) in [6.07, 6.45) is 5.54. The van der Waals surface area contributed by atoms with E-state index in [4.69, 9.17) is 5.11 Å². The van der Waals surface area contributed by atoms with Crippen LogP contribution in [0.3, 0.4) is 0 Å². The highest BCUT2D eigenvalue weighted by molar-refractivity contribution is 7.10. The smallest absolute Gasteiger partial charge is 0.323 e. The molecule has 1 aromatic heterocycles. The predicted molar refractivity (Wildman–Crippen MR) is 130 cm³/mol. The van der Waals surface area contributed by atoms with E-state index in [1.54, 1.807) is 0 Å². The summed E-state index contributed by atoms with van der Waals surface area (Å²) in [5.41, 5.74) is 5.57. The van der Waals surface area contributed by atoms with Crippen molar-refractivity contribution < 1.29 is 19.5 Å². The monoisotopic (exact) mass is 469 g/mol. The van der Waals surface area contributed by atoms with Gasteiger partial charge in [-0.3, -0.25) is 10.1 Å². The van der Waals surface area contributed by atoms with E-state index in [2.05, 4.69) is 32.6 Å². The average Bonchev–Trinajstić information content (AvgIpc) is 3.09. The van der Waals surface area contributed by atoms with Crippen molar-refractivity contribution in [2.24, 2.45) is 0 Å². The maximum Gasteiger partial charge on any atom is 0.323 e. The van der Waals surface area contributed by atoms with E-state index in [-0.39, 0.29) is 19.0 Å². The average molecular weight is 470 g/mol. The minimum atomic E-state index is -0.980. The molecular formula is C23H27N5O4S. The number of carboxylic acids is 1. The lowest BCUT2D eigenvalue weighted by Crippen LogP contribution is -2.30. The predicted octanol–water partition coefficient (Wildman–Crippen LogP) is 4.77. The summed E-state index contributed by atoms with van der Waals surface area (Å²) in [6, 6.07) is 4.84. The van der Waals surface area contributed by atoms with Crippen LogP contribution in [0.4, 0.5) is 21.1 Å². The first-order valence-corrected chi connectivity index (χ1v) is 11.3. The number of aryl methyl sites for hydroxylation is 1. The first-order valence-electron chi connectivity index (χ1n) is 10.5. The molecule has 0 atom stereocenters. The van der Waals surface area contributed by atoms with Gasteiger partial charge in [-0.25, -0.2) is 9.59 Å².